The van der Waals surface area contributed by atoms with Crippen molar-refractivity contribution in [2.75, 3.05) is 6.61 Å². The molecule has 3 rings (SSSR count). The summed E-state index contributed by atoms with van der Waals surface area (Å²) in [7, 11) is 0. The largest absolute Gasteiger partial charge is 0.493 e. The molecule has 0 bridgehead atoms. The van der Waals surface area contributed by atoms with Gasteiger partial charge in [-0.3, -0.25) is 9.25 Å². The average molecular weight is 314 g/mol. The van der Waals surface area contributed by atoms with E-state index in [-0.39, 0.29) is 18.4 Å². The fraction of sp³-hybridized carbons (Fsp3) is 0.333. The SMILES string of the molecule is CC(C)c1c(O)nc(-n2ccnc2)nc1-c1cnn(CCO)c1. The standard InChI is InChI=1S/C15H18N6O2/c1-10(2)12-13(11-7-17-21(8-11)5-6-22)18-15(19-14(12)23)20-4-3-16-9-20/h3-4,7-10,22H,5-6H2,1-2H3,(H,18,19,23). The fourth-order valence-corrected chi connectivity index (χ4v) is 2.40. The number of aromatic nitrogens is 6. The number of hydrogen-bond donors (Lipinski definition) is 2. The summed E-state index contributed by atoms with van der Waals surface area (Å²) < 4.78 is 3.26. The van der Waals surface area contributed by atoms with Crippen LogP contribution in [0.25, 0.3) is 17.2 Å². The number of aromatic hydroxyl groups is 1. The minimum absolute atomic E-state index is 0.00741. The molecular formula is C15H18N6O2. The van der Waals surface area contributed by atoms with Gasteiger partial charge in [0.25, 0.3) is 0 Å². The summed E-state index contributed by atoms with van der Waals surface area (Å²) >= 11 is 0. The Morgan fingerprint density at radius 1 is 1.26 bits per heavy atom. The van der Waals surface area contributed by atoms with Crippen molar-refractivity contribution in [2.45, 2.75) is 26.3 Å². The van der Waals surface area contributed by atoms with Crippen LogP contribution in [-0.2, 0) is 6.54 Å². The molecule has 0 radical (unpaired) electrons. The van der Waals surface area contributed by atoms with E-state index < -0.39 is 0 Å². The van der Waals surface area contributed by atoms with E-state index >= 15 is 0 Å². The maximum absolute atomic E-state index is 10.4. The summed E-state index contributed by atoms with van der Waals surface area (Å²) in [6.45, 7) is 4.35. The molecule has 0 spiro atoms. The van der Waals surface area contributed by atoms with E-state index in [1.165, 1.54) is 0 Å². The van der Waals surface area contributed by atoms with Crippen LogP contribution in [-0.4, -0.2) is 46.1 Å². The molecule has 0 aliphatic carbocycles. The monoisotopic (exact) mass is 314 g/mol. The zero-order valence-electron chi connectivity index (χ0n) is 13.0. The van der Waals surface area contributed by atoms with Gasteiger partial charge < -0.3 is 10.2 Å². The Kier molecular flexibility index (Phi) is 4.07. The van der Waals surface area contributed by atoms with Gasteiger partial charge in [-0.2, -0.15) is 10.1 Å². The first-order valence-corrected chi connectivity index (χ1v) is 7.33. The minimum atomic E-state index is -0.0522. The van der Waals surface area contributed by atoms with E-state index in [0.29, 0.717) is 23.8 Å². The van der Waals surface area contributed by atoms with E-state index in [9.17, 15) is 5.11 Å². The molecular weight excluding hydrogens is 296 g/mol. The first-order chi connectivity index (χ1) is 11.1. The summed E-state index contributed by atoms with van der Waals surface area (Å²) in [6, 6.07) is 0. The molecule has 8 heteroatoms. The van der Waals surface area contributed by atoms with Crippen LogP contribution in [0, 0.1) is 0 Å². The van der Waals surface area contributed by atoms with Crippen molar-refractivity contribution in [1.82, 2.24) is 29.3 Å². The minimum Gasteiger partial charge on any atom is -0.493 e. The van der Waals surface area contributed by atoms with E-state index in [4.69, 9.17) is 5.11 Å². The van der Waals surface area contributed by atoms with Gasteiger partial charge >= 0.3 is 0 Å². The molecule has 0 amide bonds. The highest BCUT2D eigenvalue weighted by atomic mass is 16.3. The molecule has 3 aromatic rings. The molecule has 0 aliphatic heterocycles. The smallest absolute Gasteiger partial charge is 0.238 e. The molecule has 3 aromatic heterocycles. The second-order valence-electron chi connectivity index (χ2n) is 5.45. The number of aliphatic hydroxyl groups excluding tert-OH is 1. The van der Waals surface area contributed by atoms with Crippen LogP contribution in [0.15, 0.2) is 31.1 Å². The van der Waals surface area contributed by atoms with Crippen LogP contribution < -0.4 is 0 Å². The number of hydrogen-bond acceptors (Lipinski definition) is 6. The number of imidazole rings is 1. The van der Waals surface area contributed by atoms with Crippen molar-refractivity contribution >= 4 is 0 Å². The zero-order chi connectivity index (χ0) is 16.4. The second kappa shape index (κ2) is 6.17. The second-order valence-corrected chi connectivity index (χ2v) is 5.45. The molecule has 0 saturated heterocycles. The van der Waals surface area contributed by atoms with Crippen LogP contribution in [0.1, 0.15) is 25.3 Å². The number of rotatable bonds is 5. The maximum Gasteiger partial charge on any atom is 0.238 e. The molecule has 0 saturated carbocycles. The summed E-state index contributed by atoms with van der Waals surface area (Å²) in [6.07, 6.45) is 8.36. The Morgan fingerprint density at radius 3 is 2.74 bits per heavy atom. The van der Waals surface area contributed by atoms with Gasteiger partial charge in [0.15, 0.2) is 0 Å². The first kappa shape index (κ1) is 15.2. The van der Waals surface area contributed by atoms with Gasteiger partial charge in [-0.05, 0) is 5.92 Å². The third kappa shape index (κ3) is 2.93. The fourth-order valence-electron chi connectivity index (χ4n) is 2.40. The third-order valence-electron chi connectivity index (χ3n) is 3.46. The van der Waals surface area contributed by atoms with E-state index in [0.717, 1.165) is 5.56 Å². The Labute approximate surface area is 133 Å². The third-order valence-corrected chi connectivity index (χ3v) is 3.46. The molecule has 120 valence electrons. The molecule has 3 heterocycles. The van der Waals surface area contributed by atoms with Crippen LogP contribution in [0.3, 0.4) is 0 Å². The van der Waals surface area contributed by atoms with Crippen molar-refractivity contribution in [3.05, 3.63) is 36.7 Å². The topological polar surface area (TPSA) is 102 Å². The van der Waals surface area contributed by atoms with Crippen LogP contribution in [0.5, 0.6) is 5.88 Å². The maximum atomic E-state index is 10.4. The average Bonchev–Trinajstić information content (AvgIpc) is 3.18. The molecule has 0 aromatic carbocycles. The predicted molar refractivity (Wildman–Crippen MR) is 83.2 cm³/mol. The van der Waals surface area contributed by atoms with Gasteiger partial charge in [-0.15, -0.1) is 0 Å². The summed E-state index contributed by atoms with van der Waals surface area (Å²) in [5.74, 6) is 0.334. The van der Waals surface area contributed by atoms with Gasteiger partial charge in [0.1, 0.15) is 6.33 Å². The van der Waals surface area contributed by atoms with Gasteiger partial charge in [0, 0.05) is 29.7 Å². The highest BCUT2D eigenvalue weighted by molar-refractivity contribution is 5.65. The lowest BCUT2D eigenvalue weighted by Gasteiger charge is -2.14. The van der Waals surface area contributed by atoms with Gasteiger partial charge in [-0.1, -0.05) is 13.8 Å². The summed E-state index contributed by atoms with van der Waals surface area (Å²) in [4.78, 5) is 12.7. The van der Waals surface area contributed by atoms with Gasteiger partial charge in [0.2, 0.25) is 11.8 Å². The van der Waals surface area contributed by atoms with Crippen molar-refractivity contribution in [3.63, 3.8) is 0 Å². The van der Waals surface area contributed by atoms with E-state index in [2.05, 4.69) is 20.1 Å². The Bertz CT molecular complexity index is 794. The van der Waals surface area contributed by atoms with Crippen molar-refractivity contribution in [1.29, 1.82) is 0 Å². The lowest BCUT2D eigenvalue weighted by molar-refractivity contribution is 0.269. The van der Waals surface area contributed by atoms with Crippen LogP contribution in [0.2, 0.25) is 0 Å². The molecule has 0 atom stereocenters. The first-order valence-electron chi connectivity index (χ1n) is 7.33. The Balaban J connectivity index is 2.15. The molecule has 2 N–H and O–H groups in total. The molecule has 0 unspecified atom stereocenters. The quantitative estimate of drug-likeness (QED) is 0.737. The molecule has 0 aliphatic rings. The van der Waals surface area contributed by atoms with Crippen molar-refractivity contribution in [2.24, 2.45) is 0 Å². The van der Waals surface area contributed by atoms with Crippen LogP contribution >= 0.6 is 0 Å². The Hall–Kier alpha value is -2.74. The van der Waals surface area contributed by atoms with Crippen LogP contribution in [0.4, 0.5) is 0 Å². The lowest BCUT2D eigenvalue weighted by atomic mass is 9.99. The Morgan fingerprint density at radius 2 is 2.09 bits per heavy atom. The zero-order valence-corrected chi connectivity index (χ0v) is 13.0. The normalized spacial score (nSPS) is 11.3. The lowest BCUT2D eigenvalue weighted by Crippen LogP contribution is -2.05. The molecule has 8 nitrogen and oxygen atoms in total. The van der Waals surface area contributed by atoms with Gasteiger partial charge in [-0.25, -0.2) is 9.97 Å². The van der Waals surface area contributed by atoms with E-state index in [1.54, 1.807) is 40.4 Å². The van der Waals surface area contributed by atoms with E-state index in [1.807, 2.05) is 13.8 Å². The highest BCUT2D eigenvalue weighted by Gasteiger charge is 2.20. The van der Waals surface area contributed by atoms with Crippen molar-refractivity contribution in [3.8, 4) is 23.1 Å². The number of nitrogens with zero attached hydrogens (tertiary/aromatic N) is 6. The molecule has 23 heavy (non-hydrogen) atoms. The highest BCUT2D eigenvalue weighted by Crippen LogP contribution is 2.33. The van der Waals surface area contributed by atoms with Crippen molar-refractivity contribution < 1.29 is 10.2 Å². The number of aliphatic hydroxyl groups is 1. The predicted octanol–water partition coefficient (Wildman–Crippen LogP) is 1.35. The van der Waals surface area contributed by atoms with Gasteiger partial charge in [0.05, 0.1) is 25.0 Å². The summed E-state index contributed by atoms with van der Waals surface area (Å²) in [5, 5.41) is 23.6. The molecule has 0 fully saturated rings. The summed E-state index contributed by atoms with van der Waals surface area (Å²) in [5.41, 5.74) is 2.05.